The lowest BCUT2D eigenvalue weighted by atomic mass is 9.58. The first-order valence-corrected chi connectivity index (χ1v) is 12.8. The Morgan fingerprint density at radius 1 is 1.18 bits per heavy atom. The van der Waals surface area contributed by atoms with Gasteiger partial charge in [0.2, 0.25) is 0 Å². The van der Waals surface area contributed by atoms with E-state index in [1.807, 2.05) is 0 Å². The highest BCUT2D eigenvalue weighted by atomic mass is 32.2. The normalized spacial score (nSPS) is 28.6. The fourth-order valence-corrected chi connectivity index (χ4v) is 6.62. The molecule has 5 rings (SSSR count). The minimum absolute atomic E-state index is 0.0640. The largest absolute Gasteiger partial charge is 0.376 e. The average Bonchev–Trinajstić information content (AvgIpc) is 2.77. The lowest BCUT2D eigenvalue weighted by molar-refractivity contribution is -0.0766. The van der Waals surface area contributed by atoms with Crippen molar-refractivity contribution >= 4 is 21.8 Å². The molecule has 1 amide bonds. The maximum Gasteiger partial charge on any atom is 0.301 e. The number of methoxy groups -OCH3 is 1. The van der Waals surface area contributed by atoms with Crippen molar-refractivity contribution in [2.45, 2.75) is 69.4 Å². The molecule has 34 heavy (non-hydrogen) atoms. The van der Waals surface area contributed by atoms with Crippen molar-refractivity contribution < 1.29 is 26.7 Å². The van der Waals surface area contributed by atoms with E-state index in [2.05, 4.69) is 16.1 Å². The molecule has 2 bridgehead atoms. The van der Waals surface area contributed by atoms with E-state index in [0.717, 1.165) is 19.1 Å². The van der Waals surface area contributed by atoms with Crippen LogP contribution in [0.2, 0.25) is 0 Å². The number of anilines is 1. The molecule has 0 atom stereocenters. The van der Waals surface area contributed by atoms with Crippen molar-refractivity contribution in [2.24, 2.45) is 5.41 Å². The third-order valence-corrected chi connectivity index (χ3v) is 9.14. The number of rotatable bonds is 7. The smallest absolute Gasteiger partial charge is 0.301 e. The molecular weight excluding hydrogens is 466 g/mol. The van der Waals surface area contributed by atoms with E-state index in [9.17, 15) is 27.3 Å². The summed E-state index contributed by atoms with van der Waals surface area (Å²) >= 11 is 0. The summed E-state index contributed by atoms with van der Waals surface area (Å²) in [5, 5.41) is 12.5. The van der Waals surface area contributed by atoms with Gasteiger partial charge in [-0.15, -0.1) is 0 Å². The monoisotopic (exact) mass is 496 g/mol. The SMILES string of the molecule is COC1(C)CN(S(=O)(=O)Nc2ccc(C(C)(F)F)cc2C(=O)NC23CCC(C#N)(CC2)CC3)C1. The van der Waals surface area contributed by atoms with Gasteiger partial charge in [0.15, 0.2) is 0 Å². The molecule has 4 fully saturated rings. The van der Waals surface area contributed by atoms with E-state index >= 15 is 0 Å². The summed E-state index contributed by atoms with van der Waals surface area (Å²) in [7, 11) is -2.52. The summed E-state index contributed by atoms with van der Waals surface area (Å²) in [6.07, 6.45) is 3.89. The molecule has 2 N–H and O–H groups in total. The van der Waals surface area contributed by atoms with Crippen LogP contribution in [0, 0.1) is 16.7 Å². The Kier molecular flexibility index (Phi) is 5.94. The molecule has 0 aromatic heterocycles. The Morgan fingerprint density at radius 2 is 1.76 bits per heavy atom. The molecule has 186 valence electrons. The molecule has 0 unspecified atom stereocenters. The Morgan fingerprint density at radius 3 is 2.26 bits per heavy atom. The summed E-state index contributed by atoms with van der Waals surface area (Å²) in [5.74, 6) is -3.81. The predicted octanol–water partition coefficient (Wildman–Crippen LogP) is 3.52. The van der Waals surface area contributed by atoms with Crippen LogP contribution < -0.4 is 10.0 Å². The third-order valence-electron chi connectivity index (χ3n) is 7.73. The number of carbonyl (C=O) groups is 1. The van der Waals surface area contributed by atoms with Gasteiger partial charge in [0, 0.05) is 38.2 Å². The zero-order chi connectivity index (χ0) is 25.0. The van der Waals surface area contributed by atoms with E-state index in [0.29, 0.717) is 38.5 Å². The third kappa shape index (κ3) is 4.51. The highest BCUT2D eigenvalue weighted by Gasteiger charge is 2.50. The zero-order valence-corrected chi connectivity index (χ0v) is 20.4. The zero-order valence-electron chi connectivity index (χ0n) is 19.6. The van der Waals surface area contributed by atoms with Gasteiger partial charge in [-0.1, -0.05) is 6.07 Å². The number of nitriles is 1. The standard InChI is InChI=1S/C23H30F2N4O4S/c1-20(33-3)14-29(15-20)34(31,32)28-18-5-4-16(21(2,24)25)12-17(18)19(30)27-23-9-6-22(13-26,7-10-23)8-11-23/h4-5,12,28H,6-11,14-15H2,1-3H3,(H,27,30). The number of carbonyl (C=O) groups excluding carboxylic acids is 1. The van der Waals surface area contributed by atoms with E-state index in [1.165, 1.54) is 17.5 Å². The van der Waals surface area contributed by atoms with Crippen LogP contribution in [-0.2, 0) is 20.9 Å². The van der Waals surface area contributed by atoms with E-state index < -0.39 is 33.2 Å². The van der Waals surface area contributed by atoms with Crippen LogP contribution in [-0.4, -0.2) is 50.0 Å². The van der Waals surface area contributed by atoms with Crippen LogP contribution in [0.3, 0.4) is 0 Å². The maximum absolute atomic E-state index is 14.0. The summed E-state index contributed by atoms with van der Waals surface area (Å²) in [4.78, 5) is 13.3. The second kappa shape index (κ2) is 8.14. The first-order valence-electron chi connectivity index (χ1n) is 11.3. The highest BCUT2D eigenvalue weighted by molar-refractivity contribution is 7.90. The number of fused-ring (bicyclic) bond motifs is 3. The van der Waals surface area contributed by atoms with Gasteiger partial charge in [-0.3, -0.25) is 9.52 Å². The van der Waals surface area contributed by atoms with Crippen molar-refractivity contribution in [3.8, 4) is 6.07 Å². The highest BCUT2D eigenvalue weighted by Crippen LogP contribution is 2.52. The maximum atomic E-state index is 14.0. The molecule has 1 saturated heterocycles. The Hall–Kier alpha value is -2.29. The number of nitrogens with zero attached hydrogens (tertiary/aromatic N) is 2. The Bertz CT molecular complexity index is 1110. The van der Waals surface area contributed by atoms with Crippen molar-refractivity contribution in [3.05, 3.63) is 29.3 Å². The topological polar surface area (TPSA) is 112 Å². The number of alkyl halides is 2. The number of hydrogen-bond donors (Lipinski definition) is 2. The lowest BCUT2D eigenvalue weighted by Crippen LogP contribution is -2.63. The van der Waals surface area contributed by atoms with Gasteiger partial charge in [-0.05, 0) is 57.6 Å². The van der Waals surface area contributed by atoms with Crippen LogP contribution in [0.25, 0.3) is 0 Å². The van der Waals surface area contributed by atoms with Gasteiger partial charge >= 0.3 is 10.2 Å². The van der Waals surface area contributed by atoms with Gasteiger partial charge in [0.1, 0.15) is 0 Å². The van der Waals surface area contributed by atoms with Crippen molar-refractivity contribution in [1.82, 2.24) is 9.62 Å². The molecule has 1 aromatic carbocycles. The summed E-state index contributed by atoms with van der Waals surface area (Å²) in [6.45, 7) is 2.77. The second-order valence-electron chi connectivity index (χ2n) is 10.3. The fraction of sp³-hybridized carbons (Fsp3) is 0.652. The molecule has 3 aliphatic carbocycles. The molecule has 3 saturated carbocycles. The van der Waals surface area contributed by atoms with Crippen LogP contribution >= 0.6 is 0 Å². The van der Waals surface area contributed by atoms with Gasteiger partial charge < -0.3 is 10.1 Å². The van der Waals surface area contributed by atoms with Crippen LogP contribution in [0.15, 0.2) is 18.2 Å². The number of hydrogen-bond acceptors (Lipinski definition) is 5. The van der Waals surface area contributed by atoms with E-state index in [4.69, 9.17) is 4.74 Å². The number of amides is 1. The summed E-state index contributed by atoms with van der Waals surface area (Å²) in [5.41, 5.74) is -2.06. The number of ether oxygens (including phenoxy) is 1. The summed E-state index contributed by atoms with van der Waals surface area (Å²) < 4.78 is 62.7. The molecule has 11 heteroatoms. The molecule has 0 radical (unpaired) electrons. The molecular formula is C23H30F2N4O4S. The van der Waals surface area contributed by atoms with Gasteiger partial charge in [-0.2, -0.15) is 18.0 Å². The van der Waals surface area contributed by atoms with Crippen molar-refractivity contribution in [3.63, 3.8) is 0 Å². The van der Waals surface area contributed by atoms with E-state index in [-0.39, 0.29) is 35.3 Å². The number of halogens is 2. The first-order chi connectivity index (χ1) is 15.7. The molecule has 0 spiro atoms. The van der Waals surface area contributed by atoms with Crippen LogP contribution in [0.4, 0.5) is 14.5 Å². The second-order valence-corrected chi connectivity index (χ2v) is 12.0. The van der Waals surface area contributed by atoms with Gasteiger partial charge in [0.05, 0.1) is 28.3 Å². The molecule has 1 aromatic rings. The minimum atomic E-state index is -4.02. The Labute approximate surface area is 198 Å². The number of nitrogens with one attached hydrogen (secondary N) is 2. The fourth-order valence-electron chi connectivity index (χ4n) is 5.15. The van der Waals surface area contributed by atoms with Gasteiger partial charge in [-0.25, -0.2) is 8.78 Å². The molecule has 4 aliphatic rings. The van der Waals surface area contributed by atoms with Crippen LogP contribution in [0.1, 0.15) is 68.3 Å². The average molecular weight is 497 g/mol. The molecule has 1 aliphatic heterocycles. The van der Waals surface area contributed by atoms with Gasteiger partial charge in [0.25, 0.3) is 11.8 Å². The van der Waals surface area contributed by atoms with E-state index in [1.54, 1.807) is 6.92 Å². The Balaban J connectivity index is 1.59. The minimum Gasteiger partial charge on any atom is -0.376 e. The molecule has 1 heterocycles. The quantitative estimate of drug-likeness (QED) is 0.600. The molecule has 8 nitrogen and oxygen atoms in total. The van der Waals surface area contributed by atoms with Crippen LogP contribution in [0.5, 0.6) is 0 Å². The summed E-state index contributed by atoms with van der Waals surface area (Å²) in [6, 6.07) is 5.78. The number of benzene rings is 1. The first kappa shape index (κ1) is 24.8. The van der Waals surface area contributed by atoms with Crippen molar-refractivity contribution in [1.29, 1.82) is 5.26 Å². The predicted molar refractivity (Wildman–Crippen MR) is 121 cm³/mol. The lowest BCUT2D eigenvalue weighted by Gasteiger charge is -2.50. The van der Waals surface area contributed by atoms with Crippen molar-refractivity contribution in [2.75, 3.05) is 24.9 Å².